The lowest BCUT2D eigenvalue weighted by Crippen LogP contribution is -2.08. The van der Waals surface area contributed by atoms with E-state index in [1.807, 2.05) is 33.8 Å². The van der Waals surface area contributed by atoms with E-state index >= 15 is 0 Å². The summed E-state index contributed by atoms with van der Waals surface area (Å²) in [6.07, 6.45) is 0. The molecule has 136 valence electrons. The molecule has 0 radical (unpaired) electrons. The third-order valence-electron chi connectivity index (χ3n) is 4.58. The van der Waals surface area contributed by atoms with Crippen LogP contribution in [0.5, 0.6) is 0 Å². The summed E-state index contributed by atoms with van der Waals surface area (Å²) < 4.78 is 25.9. The van der Waals surface area contributed by atoms with Crippen molar-refractivity contribution in [3.05, 3.63) is 64.4 Å². The van der Waals surface area contributed by atoms with Crippen molar-refractivity contribution in [1.29, 1.82) is 0 Å². The number of ether oxygens (including phenoxy) is 1. The molecule has 0 aliphatic carbocycles. The van der Waals surface area contributed by atoms with Crippen LogP contribution in [-0.4, -0.2) is 15.7 Å². The Labute approximate surface area is 151 Å². The minimum absolute atomic E-state index is 0.0190. The number of esters is 1. The minimum atomic E-state index is -0.386. The number of hydrogen-bond acceptors (Lipinski definition) is 4. The van der Waals surface area contributed by atoms with Gasteiger partial charge >= 0.3 is 5.97 Å². The molecule has 0 N–H and O–H groups in total. The monoisotopic (exact) mass is 356 g/mol. The molecule has 0 bridgehead atoms. The van der Waals surface area contributed by atoms with Crippen molar-refractivity contribution in [2.45, 2.75) is 40.8 Å². The Morgan fingerprint density at radius 3 is 2.54 bits per heavy atom. The number of aromatic nitrogens is 2. The van der Waals surface area contributed by atoms with E-state index in [1.54, 1.807) is 12.1 Å². The molecule has 3 aromatic rings. The molecule has 5 nitrogen and oxygen atoms in total. The van der Waals surface area contributed by atoms with Crippen LogP contribution in [0.15, 0.2) is 34.9 Å². The summed E-state index contributed by atoms with van der Waals surface area (Å²) in [7, 11) is 0. The Hall–Kier alpha value is -2.89. The van der Waals surface area contributed by atoms with Gasteiger partial charge in [-0.15, -0.1) is 0 Å². The van der Waals surface area contributed by atoms with Gasteiger partial charge in [0.1, 0.15) is 18.1 Å². The third-order valence-corrected chi connectivity index (χ3v) is 4.58. The Morgan fingerprint density at radius 1 is 1.23 bits per heavy atom. The average molecular weight is 356 g/mol. The van der Waals surface area contributed by atoms with Gasteiger partial charge in [-0.25, -0.2) is 9.18 Å². The zero-order chi connectivity index (χ0) is 18.8. The number of rotatable bonds is 5. The van der Waals surface area contributed by atoms with Crippen LogP contribution < -0.4 is 0 Å². The van der Waals surface area contributed by atoms with Crippen LogP contribution in [-0.2, 0) is 17.9 Å². The number of benzene rings is 1. The molecule has 0 amide bonds. The van der Waals surface area contributed by atoms with E-state index in [-0.39, 0.29) is 18.4 Å². The molecule has 0 aliphatic rings. The molecular weight excluding hydrogens is 335 g/mol. The second-order valence-electron chi connectivity index (χ2n) is 6.20. The van der Waals surface area contributed by atoms with E-state index in [0.29, 0.717) is 17.0 Å². The van der Waals surface area contributed by atoms with Crippen LogP contribution in [0.4, 0.5) is 4.39 Å². The van der Waals surface area contributed by atoms with Gasteiger partial charge in [0, 0.05) is 29.1 Å². The van der Waals surface area contributed by atoms with E-state index < -0.39 is 0 Å². The highest BCUT2D eigenvalue weighted by atomic mass is 19.1. The van der Waals surface area contributed by atoms with Gasteiger partial charge < -0.3 is 13.8 Å². The lowest BCUT2D eigenvalue weighted by atomic mass is 10.1. The fourth-order valence-electron chi connectivity index (χ4n) is 3.08. The number of aryl methyl sites for hydroxylation is 1. The van der Waals surface area contributed by atoms with Crippen LogP contribution >= 0.6 is 0 Å². The summed E-state index contributed by atoms with van der Waals surface area (Å²) in [5.41, 5.74) is 4.50. The fourth-order valence-corrected chi connectivity index (χ4v) is 3.08. The molecule has 0 aliphatic heterocycles. The second kappa shape index (κ2) is 7.15. The standard InChI is InChI=1S/C20H21FN2O3/c1-5-23-12(2)10-17(14(23)4)20(24)25-11-18-13(3)19(26-22-18)15-6-8-16(21)9-7-15/h6-10H,5,11H2,1-4H3. The maximum Gasteiger partial charge on any atom is 0.340 e. The first-order valence-electron chi connectivity index (χ1n) is 8.47. The summed E-state index contributed by atoms with van der Waals surface area (Å²) >= 11 is 0. The average Bonchev–Trinajstić information content (AvgIpc) is 3.13. The predicted molar refractivity (Wildman–Crippen MR) is 95.3 cm³/mol. The largest absolute Gasteiger partial charge is 0.455 e. The summed E-state index contributed by atoms with van der Waals surface area (Å²) in [5, 5.41) is 3.99. The van der Waals surface area contributed by atoms with E-state index in [0.717, 1.165) is 29.1 Å². The maximum absolute atomic E-state index is 13.1. The summed E-state index contributed by atoms with van der Waals surface area (Å²) in [5.74, 6) is -0.159. The summed E-state index contributed by atoms with van der Waals surface area (Å²) in [6.45, 7) is 8.55. The molecule has 0 unspecified atom stereocenters. The molecule has 26 heavy (non-hydrogen) atoms. The van der Waals surface area contributed by atoms with Crippen molar-refractivity contribution in [2.75, 3.05) is 0 Å². The van der Waals surface area contributed by atoms with Crippen LogP contribution in [0, 0.1) is 26.6 Å². The van der Waals surface area contributed by atoms with Crippen LogP contribution in [0.3, 0.4) is 0 Å². The first-order valence-corrected chi connectivity index (χ1v) is 8.47. The van der Waals surface area contributed by atoms with E-state index in [1.165, 1.54) is 12.1 Å². The Kier molecular flexibility index (Phi) is 4.93. The van der Waals surface area contributed by atoms with Crippen molar-refractivity contribution in [3.63, 3.8) is 0 Å². The quantitative estimate of drug-likeness (QED) is 0.628. The smallest absolute Gasteiger partial charge is 0.340 e. The highest BCUT2D eigenvalue weighted by Gasteiger charge is 2.19. The number of carbonyl (C=O) groups is 1. The Balaban J connectivity index is 1.74. The molecule has 6 heteroatoms. The van der Waals surface area contributed by atoms with Gasteiger partial charge in [0.25, 0.3) is 0 Å². The molecule has 3 rings (SSSR count). The van der Waals surface area contributed by atoms with Gasteiger partial charge in [-0.3, -0.25) is 0 Å². The lowest BCUT2D eigenvalue weighted by Gasteiger charge is -2.06. The van der Waals surface area contributed by atoms with Gasteiger partial charge in [-0.1, -0.05) is 5.16 Å². The summed E-state index contributed by atoms with van der Waals surface area (Å²) in [6, 6.07) is 7.80. The first-order chi connectivity index (χ1) is 12.4. The predicted octanol–water partition coefficient (Wildman–Crippen LogP) is 4.58. The SMILES string of the molecule is CCn1c(C)cc(C(=O)OCc2noc(-c3ccc(F)cc3)c2C)c1C. The first kappa shape index (κ1) is 17.9. The van der Waals surface area contributed by atoms with Gasteiger partial charge in [0.2, 0.25) is 0 Å². The molecule has 0 fully saturated rings. The van der Waals surface area contributed by atoms with Gasteiger partial charge in [0.15, 0.2) is 5.76 Å². The highest BCUT2D eigenvalue weighted by molar-refractivity contribution is 5.91. The molecule has 2 heterocycles. The van der Waals surface area contributed by atoms with Gasteiger partial charge in [-0.2, -0.15) is 0 Å². The van der Waals surface area contributed by atoms with E-state index in [2.05, 4.69) is 9.72 Å². The topological polar surface area (TPSA) is 57.3 Å². The fraction of sp³-hybridized carbons (Fsp3) is 0.300. The molecule has 0 saturated heterocycles. The number of hydrogen-bond donors (Lipinski definition) is 0. The Morgan fingerprint density at radius 2 is 1.92 bits per heavy atom. The van der Waals surface area contributed by atoms with Crippen molar-refractivity contribution in [2.24, 2.45) is 0 Å². The normalized spacial score (nSPS) is 11.0. The van der Waals surface area contributed by atoms with Crippen LogP contribution in [0.25, 0.3) is 11.3 Å². The molecule has 0 saturated carbocycles. The zero-order valence-electron chi connectivity index (χ0n) is 15.3. The van der Waals surface area contributed by atoms with Crippen LogP contribution in [0.2, 0.25) is 0 Å². The van der Waals surface area contributed by atoms with E-state index in [9.17, 15) is 9.18 Å². The minimum Gasteiger partial charge on any atom is -0.455 e. The summed E-state index contributed by atoms with van der Waals surface area (Å²) in [4.78, 5) is 12.4. The lowest BCUT2D eigenvalue weighted by molar-refractivity contribution is 0.0463. The van der Waals surface area contributed by atoms with Crippen LogP contribution in [0.1, 0.15) is 39.9 Å². The van der Waals surface area contributed by atoms with E-state index in [4.69, 9.17) is 9.26 Å². The zero-order valence-corrected chi connectivity index (χ0v) is 15.3. The second-order valence-corrected chi connectivity index (χ2v) is 6.20. The molecular formula is C20H21FN2O3. The maximum atomic E-state index is 13.1. The molecule has 2 aromatic heterocycles. The molecule has 0 atom stereocenters. The van der Waals surface area contributed by atoms with Crippen molar-refractivity contribution in [3.8, 4) is 11.3 Å². The van der Waals surface area contributed by atoms with Crippen molar-refractivity contribution in [1.82, 2.24) is 9.72 Å². The van der Waals surface area contributed by atoms with Crippen molar-refractivity contribution < 1.29 is 18.4 Å². The third kappa shape index (κ3) is 3.27. The number of carbonyl (C=O) groups excluding carboxylic acids is 1. The van der Waals surface area contributed by atoms with Crippen molar-refractivity contribution >= 4 is 5.97 Å². The van der Waals surface area contributed by atoms with Gasteiger partial charge in [0.05, 0.1) is 5.56 Å². The highest BCUT2D eigenvalue weighted by Crippen LogP contribution is 2.26. The Bertz CT molecular complexity index is 939. The number of halogens is 1. The number of nitrogens with zero attached hydrogens (tertiary/aromatic N) is 2. The molecule has 0 spiro atoms. The molecule has 1 aromatic carbocycles. The van der Waals surface area contributed by atoms with Gasteiger partial charge in [-0.05, 0) is 58.0 Å².